The van der Waals surface area contributed by atoms with Crippen molar-refractivity contribution < 1.29 is 4.39 Å². The minimum atomic E-state index is -0.179. The van der Waals surface area contributed by atoms with Gasteiger partial charge in [-0.2, -0.15) is 0 Å². The lowest BCUT2D eigenvalue weighted by molar-refractivity contribution is 0.464. The monoisotopic (exact) mass is 255 g/mol. The van der Waals surface area contributed by atoms with E-state index in [2.05, 4.69) is 36.5 Å². The van der Waals surface area contributed by atoms with Crippen LogP contribution >= 0.6 is 0 Å². The van der Waals surface area contributed by atoms with Gasteiger partial charge in [-0.15, -0.1) is 0 Å². The third kappa shape index (κ3) is 2.54. The average molecular weight is 255 g/mol. The molecule has 2 aromatic rings. The summed E-state index contributed by atoms with van der Waals surface area (Å²) in [5, 5.41) is 3.65. The standard InChI is InChI=1S/C17H18FN/c1-12(13-6-9-15(18)10-7-13)19-17-11-8-14-4-2-3-5-16(14)17/h2-7,9-10,12,17,19H,8,11H2,1H3/t12-,17?/m0/s1. The molecule has 0 saturated heterocycles. The molecule has 19 heavy (non-hydrogen) atoms. The summed E-state index contributed by atoms with van der Waals surface area (Å²) >= 11 is 0. The van der Waals surface area contributed by atoms with E-state index in [0.717, 1.165) is 18.4 Å². The van der Waals surface area contributed by atoms with Crippen molar-refractivity contribution in [2.24, 2.45) is 0 Å². The first-order valence-electron chi connectivity index (χ1n) is 6.83. The lowest BCUT2D eigenvalue weighted by Crippen LogP contribution is -2.22. The molecule has 0 radical (unpaired) electrons. The highest BCUT2D eigenvalue weighted by molar-refractivity contribution is 5.34. The number of rotatable bonds is 3. The highest BCUT2D eigenvalue weighted by atomic mass is 19.1. The van der Waals surface area contributed by atoms with Crippen LogP contribution in [0.5, 0.6) is 0 Å². The summed E-state index contributed by atoms with van der Waals surface area (Å²) in [5.41, 5.74) is 3.99. The lowest BCUT2D eigenvalue weighted by atomic mass is 10.0. The van der Waals surface area contributed by atoms with Crippen molar-refractivity contribution in [3.8, 4) is 0 Å². The Morgan fingerprint density at radius 2 is 1.84 bits per heavy atom. The molecule has 2 heteroatoms. The van der Waals surface area contributed by atoms with E-state index in [-0.39, 0.29) is 11.9 Å². The van der Waals surface area contributed by atoms with Gasteiger partial charge in [0.25, 0.3) is 0 Å². The van der Waals surface area contributed by atoms with Crippen LogP contribution in [0.15, 0.2) is 48.5 Å². The second-order valence-corrected chi connectivity index (χ2v) is 5.23. The Morgan fingerprint density at radius 3 is 2.63 bits per heavy atom. The summed E-state index contributed by atoms with van der Waals surface area (Å²) < 4.78 is 12.9. The number of benzene rings is 2. The molecule has 0 aliphatic heterocycles. The average Bonchev–Trinajstić information content (AvgIpc) is 2.83. The third-order valence-electron chi connectivity index (χ3n) is 3.95. The third-order valence-corrected chi connectivity index (χ3v) is 3.95. The molecule has 3 rings (SSSR count). The SMILES string of the molecule is C[C@H](NC1CCc2ccccc21)c1ccc(F)cc1. The van der Waals surface area contributed by atoms with Gasteiger partial charge in [-0.05, 0) is 48.6 Å². The van der Waals surface area contributed by atoms with Crippen LogP contribution in [0.25, 0.3) is 0 Å². The molecule has 0 amide bonds. The summed E-state index contributed by atoms with van der Waals surface area (Å²) in [4.78, 5) is 0. The minimum Gasteiger partial charge on any atom is -0.303 e. The Labute approximate surface area is 113 Å². The van der Waals surface area contributed by atoms with Gasteiger partial charge in [-0.1, -0.05) is 36.4 Å². The number of hydrogen-bond donors (Lipinski definition) is 1. The van der Waals surface area contributed by atoms with Crippen molar-refractivity contribution in [2.45, 2.75) is 31.8 Å². The molecular formula is C17H18FN. The highest BCUT2D eigenvalue weighted by Crippen LogP contribution is 2.32. The van der Waals surface area contributed by atoms with E-state index in [4.69, 9.17) is 0 Å². The van der Waals surface area contributed by atoms with Crippen LogP contribution in [-0.4, -0.2) is 0 Å². The van der Waals surface area contributed by atoms with Crippen molar-refractivity contribution in [1.29, 1.82) is 0 Å². The molecule has 0 saturated carbocycles. The Hall–Kier alpha value is -1.67. The summed E-state index contributed by atoms with van der Waals surface area (Å²) in [6.07, 6.45) is 2.29. The first-order chi connectivity index (χ1) is 9.24. The second kappa shape index (κ2) is 5.14. The van der Waals surface area contributed by atoms with Crippen molar-refractivity contribution >= 4 is 0 Å². The summed E-state index contributed by atoms with van der Waals surface area (Å²) in [5.74, 6) is -0.179. The Balaban J connectivity index is 1.74. The van der Waals surface area contributed by atoms with E-state index in [1.165, 1.54) is 23.3 Å². The maximum atomic E-state index is 12.9. The number of halogens is 1. The fourth-order valence-electron chi connectivity index (χ4n) is 2.88. The zero-order chi connectivity index (χ0) is 13.2. The van der Waals surface area contributed by atoms with E-state index in [1.807, 2.05) is 12.1 Å². The van der Waals surface area contributed by atoms with Gasteiger partial charge < -0.3 is 5.32 Å². The van der Waals surface area contributed by atoms with Crippen LogP contribution in [0.3, 0.4) is 0 Å². The quantitative estimate of drug-likeness (QED) is 0.868. The molecule has 2 atom stereocenters. The second-order valence-electron chi connectivity index (χ2n) is 5.23. The van der Waals surface area contributed by atoms with Gasteiger partial charge in [0.1, 0.15) is 5.82 Å². The fourth-order valence-corrected chi connectivity index (χ4v) is 2.88. The Morgan fingerprint density at radius 1 is 1.11 bits per heavy atom. The first kappa shape index (κ1) is 12.4. The van der Waals surface area contributed by atoms with Crippen molar-refractivity contribution in [3.63, 3.8) is 0 Å². The molecule has 0 heterocycles. The van der Waals surface area contributed by atoms with Crippen LogP contribution in [-0.2, 0) is 6.42 Å². The van der Waals surface area contributed by atoms with Crippen molar-refractivity contribution in [3.05, 3.63) is 71.0 Å². The van der Waals surface area contributed by atoms with Crippen molar-refractivity contribution in [2.75, 3.05) is 0 Å². The van der Waals surface area contributed by atoms with Gasteiger partial charge in [0.2, 0.25) is 0 Å². The van der Waals surface area contributed by atoms with Crippen LogP contribution in [0, 0.1) is 5.82 Å². The Bertz CT molecular complexity index is 562. The fraction of sp³-hybridized carbons (Fsp3) is 0.294. The van der Waals surface area contributed by atoms with Gasteiger partial charge in [-0.3, -0.25) is 0 Å². The molecule has 0 fully saturated rings. The molecule has 1 unspecified atom stereocenters. The molecule has 0 aromatic heterocycles. The summed E-state index contributed by atoms with van der Waals surface area (Å²) in [6, 6.07) is 16.0. The molecule has 1 aliphatic rings. The molecule has 1 nitrogen and oxygen atoms in total. The topological polar surface area (TPSA) is 12.0 Å². The molecule has 98 valence electrons. The van der Waals surface area contributed by atoms with E-state index in [1.54, 1.807) is 0 Å². The predicted octanol–water partition coefficient (Wildman–Crippen LogP) is 4.16. The maximum Gasteiger partial charge on any atom is 0.123 e. The number of fused-ring (bicyclic) bond motifs is 1. The molecule has 0 bridgehead atoms. The van der Waals surface area contributed by atoms with Gasteiger partial charge in [0.05, 0.1) is 0 Å². The van der Waals surface area contributed by atoms with Crippen LogP contribution < -0.4 is 5.32 Å². The Kier molecular flexibility index (Phi) is 3.34. The summed E-state index contributed by atoms with van der Waals surface area (Å²) in [7, 11) is 0. The minimum absolute atomic E-state index is 0.179. The number of nitrogens with one attached hydrogen (secondary N) is 1. The molecule has 1 N–H and O–H groups in total. The van der Waals surface area contributed by atoms with Gasteiger partial charge in [0.15, 0.2) is 0 Å². The van der Waals surface area contributed by atoms with Gasteiger partial charge in [-0.25, -0.2) is 4.39 Å². The zero-order valence-corrected chi connectivity index (χ0v) is 11.1. The van der Waals surface area contributed by atoms with Crippen LogP contribution in [0.2, 0.25) is 0 Å². The number of aryl methyl sites for hydroxylation is 1. The number of hydrogen-bond acceptors (Lipinski definition) is 1. The summed E-state index contributed by atoms with van der Waals surface area (Å²) in [6.45, 7) is 2.13. The van der Waals surface area contributed by atoms with Crippen LogP contribution in [0.1, 0.15) is 42.1 Å². The van der Waals surface area contributed by atoms with Crippen molar-refractivity contribution in [1.82, 2.24) is 5.32 Å². The predicted molar refractivity (Wildman–Crippen MR) is 75.5 cm³/mol. The molecule has 1 aliphatic carbocycles. The zero-order valence-electron chi connectivity index (χ0n) is 11.1. The van der Waals surface area contributed by atoms with Gasteiger partial charge >= 0.3 is 0 Å². The van der Waals surface area contributed by atoms with E-state index in [9.17, 15) is 4.39 Å². The largest absolute Gasteiger partial charge is 0.303 e. The van der Waals surface area contributed by atoms with Crippen LogP contribution in [0.4, 0.5) is 4.39 Å². The molecule has 0 spiro atoms. The smallest absolute Gasteiger partial charge is 0.123 e. The molecular weight excluding hydrogens is 237 g/mol. The van der Waals surface area contributed by atoms with Gasteiger partial charge in [0, 0.05) is 12.1 Å². The van der Waals surface area contributed by atoms with E-state index in [0.29, 0.717) is 6.04 Å². The molecule has 2 aromatic carbocycles. The van der Waals surface area contributed by atoms with E-state index < -0.39 is 0 Å². The maximum absolute atomic E-state index is 12.9. The highest BCUT2D eigenvalue weighted by Gasteiger charge is 2.23. The van der Waals surface area contributed by atoms with E-state index >= 15 is 0 Å². The normalized spacial score (nSPS) is 19.2. The lowest BCUT2D eigenvalue weighted by Gasteiger charge is -2.20. The first-order valence-corrected chi connectivity index (χ1v) is 6.83.